The summed E-state index contributed by atoms with van der Waals surface area (Å²) in [6.45, 7) is 3.29. The topological polar surface area (TPSA) is 30.5 Å². The minimum Gasteiger partial charge on any atom is -0.493 e. The first-order valence-corrected chi connectivity index (χ1v) is 6.86. The van der Waals surface area contributed by atoms with Gasteiger partial charge in [0.25, 0.3) is 0 Å². The summed E-state index contributed by atoms with van der Waals surface area (Å²) in [4.78, 5) is 0. The van der Waals surface area contributed by atoms with E-state index in [0.717, 1.165) is 25.4 Å². The lowest BCUT2D eigenvalue weighted by Gasteiger charge is -2.11. The van der Waals surface area contributed by atoms with Gasteiger partial charge in [-0.05, 0) is 30.5 Å². The highest BCUT2D eigenvalue weighted by molar-refractivity contribution is 5.27. The van der Waals surface area contributed by atoms with E-state index in [9.17, 15) is 0 Å². The zero-order valence-corrected chi connectivity index (χ0v) is 11.2. The Morgan fingerprint density at radius 1 is 1.37 bits per heavy atom. The molecular weight excluding hydrogens is 238 g/mol. The van der Waals surface area contributed by atoms with Gasteiger partial charge in [0.05, 0.1) is 12.7 Å². The molecule has 1 fully saturated rings. The highest BCUT2D eigenvalue weighted by atomic mass is 16.5. The number of benzene rings is 1. The summed E-state index contributed by atoms with van der Waals surface area (Å²) in [7, 11) is 0. The van der Waals surface area contributed by atoms with Crippen LogP contribution in [0.25, 0.3) is 0 Å². The van der Waals surface area contributed by atoms with Crippen LogP contribution in [0.15, 0.2) is 24.3 Å². The Hall–Kier alpha value is -1.50. The molecule has 1 atom stereocenters. The fraction of sp³-hybridized carbons (Fsp3) is 0.500. The van der Waals surface area contributed by atoms with Crippen LogP contribution >= 0.6 is 0 Å². The van der Waals surface area contributed by atoms with Crippen molar-refractivity contribution in [2.75, 3.05) is 19.8 Å². The first-order chi connectivity index (χ1) is 9.38. The highest BCUT2D eigenvalue weighted by Gasteiger charge is 2.14. The van der Waals surface area contributed by atoms with E-state index < -0.39 is 0 Å². The maximum absolute atomic E-state index is 5.57. The smallest absolute Gasteiger partial charge is 0.119 e. The van der Waals surface area contributed by atoms with Crippen molar-refractivity contribution in [2.24, 2.45) is 0 Å². The molecule has 1 aromatic carbocycles. The molecule has 19 heavy (non-hydrogen) atoms. The summed E-state index contributed by atoms with van der Waals surface area (Å²) < 4.78 is 11.1. The fourth-order valence-electron chi connectivity index (χ4n) is 2.11. The van der Waals surface area contributed by atoms with Gasteiger partial charge in [-0.25, -0.2) is 0 Å². The van der Waals surface area contributed by atoms with Gasteiger partial charge in [-0.2, -0.15) is 0 Å². The van der Waals surface area contributed by atoms with Crippen molar-refractivity contribution >= 4 is 0 Å². The molecule has 0 aromatic heterocycles. The van der Waals surface area contributed by atoms with Gasteiger partial charge in [0, 0.05) is 26.1 Å². The van der Waals surface area contributed by atoms with Crippen molar-refractivity contribution in [3.8, 4) is 18.1 Å². The Morgan fingerprint density at radius 2 is 2.21 bits per heavy atom. The molecule has 0 unspecified atom stereocenters. The maximum Gasteiger partial charge on any atom is 0.119 e. The van der Waals surface area contributed by atoms with Crippen molar-refractivity contribution in [1.29, 1.82) is 0 Å². The lowest BCUT2D eigenvalue weighted by atomic mass is 10.2. The van der Waals surface area contributed by atoms with Gasteiger partial charge < -0.3 is 14.8 Å². The van der Waals surface area contributed by atoms with Crippen LogP contribution in [0.1, 0.15) is 24.8 Å². The second-order valence-electron chi connectivity index (χ2n) is 4.71. The Kier molecular flexibility index (Phi) is 5.74. The number of hydrogen-bond acceptors (Lipinski definition) is 3. The summed E-state index contributed by atoms with van der Waals surface area (Å²) >= 11 is 0. The van der Waals surface area contributed by atoms with E-state index in [1.165, 1.54) is 18.4 Å². The van der Waals surface area contributed by atoms with Gasteiger partial charge in [-0.1, -0.05) is 12.1 Å². The van der Waals surface area contributed by atoms with Gasteiger partial charge in [-0.3, -0.25) is 0 Å². The minimum atomic E-state index is 0.395. The predicted octanol–water partition coefficient (Wildman–Crippen LogP) is 2.36. The molecular formula is C16H21NO2. The summed E-state index contributed by atoms with van der Waals surface area (Å²) in [6.07, 6.45) is 8.58. The van der Waals surface area contributed by atoms with Gasteiger partial charge in [0.2, 0.25) is 0 Å². The van der Waals surface area contributed by atoms with Crippen molar-refractivity contribution in [2.45, 2.75) is 31.9 Å². The fourth-order valence-corrected chi connectivity index (χ4v) is 2.11. The van der Waals surface area contributed by atoms with Crippen LogP contribution in [0.2, 0.25) is 0 Å². The molecule has 0 saturated carbocycles. The van der Waals surface area contributed by atoms with Crippen LogP contribution in [-0.4, -0.2) is 25.9 Å². The molecule has 3 heteroatoms. The zero-order valence-electron chi connectivity index (χ0n) is 11.2. The summed E-state index contributed by atoms with van der Waals surface area (Å²) in [6, 6.07) is 8.13. The molecule has 1 aromatic rings. The standard InChI is InChI=1S/C16H21NO2/c1-2-3-10-18-15-8-6-14(7-9-15)12-17-13-16-5-4-11-19-16/h1,6-9,16-17H,3-5,10-13H2/t16-/m1/s1. The van der Waals surface area contributed by atoms with Crippen LogP contribution in [0.5, 0.6) is 5.75 Å². The molecule has 1 aliphatic heterocycles. The maximum atomic E-state index is 5.57. The predicted molar refractivity (Wildman–Crippen MR) is 76.1 cm³/mol. The van der Waals surface area contributed by atoms with Gasteiger partial charge in [0.1, 0.15) is 5.75 Å². The van der Waals surface area contributed by atoms with E-state index in [0.29, 0.717) is 19.1 Å². The first-order valence-electron chi connectivity index (χ1n) is 6.86. The van der Waals surface area contributed by atoms with E-state index in [2.05, 4.69) is 23.4 Å². The second-order valence-corrected chi connectivity index (χ2v) is 4.71. The monoisotopic (exact) mass is 259 g/mol. The van der Waals surface area contributed by atoms with Crippen LogP contribution in [0.3, 0.4) is 0 Å². The number of rotatable bonds is 7. The van der Waals surface area contributed by atoms with Gasteiger partial charge in [0.15, 0.2) is 0 Å². The van der Waals surface area contributed by atoms with E-state index in [-0.39, 0.29) is 0 Å². The quantitative estimate of drug-likeness (QED) is 0.602. The summed E-state index contributed by atoms with van der Waals surface area (Å²) in [5, 5.41) is 3.42. The Morgan fingerprint density at radius 3 is 2.89 bits per heavy atom. The van der Waals surface area contributed by atoms with Crippen molar-refractivity contribution in [3.05, 3.63) is 29.8 Å². The Bertz CT molecular complexity index is 402. The Labute approximate surface area is 115 Å². The molecule has 102 valence electrons. The molecule has 0 spiro atoms. The third-order valence-corrected chi connectivity index (χ3v) is 3.16. The highest BCUT2D eigenvalue weighted by Crippen LogP contribution is 2.13. The number of nitrogens with one attached hydrogen (secondary N) is 1. The number of hydrogen-bond donors (Lipinski definition) is 1. The second kappa shape index (κ2) is 7.83. The molecule has 0 radical (unpaired) electrons. The zero-order chi connectivity index (χ0) is 13.3. The van der Waals surface area contributed by atoms with Gasteiger partial charge in [-0.15, -0.1) is 12.3 Å². The Balaban J connectivity index is 1.67. The molecule has 0 bridgehead atoms. The van der Waals surface area contributed by atoms with Gasteiger partial charge >= 0.3 is 0 Å². The third-order valence-electron chi connectivity index (χ3n) is 3.16. The lowest BCUT2D eigenvalue weighted by molar-refractivity contribution is 0.110. The average molecular weight is 259 g/mol. The molecule has 0 aliphatic carbocycles. The molecule has 1 heterocycles. The molecule has 1 saturated heterocycles. The summed E-state index contributed by atoms with van der Waals surface area (Å²) in [5.41, 5.74) is 1.25. The van der Waals surface area contributed by atoms with Crippen LogP contribution in [-0.2, 0) is 11.3 Å². The van der Waals surface area contributed by atoms with Crippen LogP contribution < -0.4 is 10.1 Å². The van der Waals surface area contributed by atoms with Crippen molar-refractivity contribution in [3.63, 3.8) is 0 Å². The molecule has 1 aliphatic rings. The number of terminal acetylenes is 1. The summed E-state index contributed by atoms with van der Waals surface area (Å²) in [5.74, 6) is 3.43. The molecule has 1 N–H and O–H groups in total. The molecule has 0 amide bonds. The van der Waals surface area contributed by atoms with Crippen molar-refractivity contribution < 1.29 is 9.47 Å². The van der Waals surface area contributed by atoms with Crippen LogP contribution in [0.4, 0.5) is 0 Å². The first kappa shape index (κ1) is 13.9. The number of ether oxygens (including phenoxy) is 2. The normalized spacial score (nSPS) is 18.2. The van der Waals surface area contributed by atoms with E-state index in [1.54, 1.807) is 0 Å². The molecule has 2 rings (SSSR count). The molecule has 3 nitrogen and oxygen atoms in total. The average Bonchev–Trinajstić information content (AvgIpc) is 2.94. The van der Waals surface area contributed by atoms with Crippen LogP contribution in [0, 0.1) is 12.3 Å². The SMILES string of the molecule is C#CCCOc1ccc(CNC[C@H]2CCCO2)cc1. The third kappa shape index (κ3) is 4.94. The van der Waals surface area contributed by atoms with E-state index in [1.807, 2.05) is 12.1 Å². The minimum absolute atomic E-state index is 0.395. The van der Waals surface area contributed by atoms with E-state index in [4.69, 9.17) is 15.9 Å². The van der Waals surface area contributed by atoms with Crippen molar-refractivity contribution in [1.82, 2.24) is 5.32 Å². The lowest BCUT2D eigenvalue weighted by Crippen LogP contribution is -2.25. The largest absolute Gasteiger partial charge is 0.493 e. The van der Waals surface area contributed by atoms with E-state index >= 15 is 0 Å².